The summed E-state index contributed by atoms with van der Waals surface area (Å²) in [5, 5.41) is 0.629. The highest BCUT2D eigenvalue weighted by molar-refractivity contribution is 7.20. The van der Waals surface area contributed by atoms with Crippen molar-refractivity contribution in [3.63, 3.8) is 0 Å². The summed E-state index contributed by atoms with van der Waals surface area (Å²) >= 11 is 1.53. The van der Waals surface area contributed by atoms with Crippen LogP contribution >= 0.6 is 11.3 Å². The monoisotopic (exact) mass is 397 g/mol. The van der Waals surface area contributed by atoms with E-state index in [4.69, 9.17) is 15.2 Å². The van der Waals surface area contributed by atoms with E-state index in [0.717, 1.165) is 54.2 Å². The first-order chi connectivity index (χ1) is 13.7. The van der Waals surface area contributed by atoms with Gasteiger partial charge in [0.25, 0.3) is 5.19 Å². The minimum atomic E-state index is -0.200. The molecule has 6 nitrogen and oxygen atoms in total. The number of piperidine rings is 1. The van der Waals surface area contributed by atoms with Crippen LogP contribution in [0.4, 0.5) is 0 Å². The van der Waals surface area contributed by atoms with Gasteiger partial charge in [-0.1, -0.05) is 23.5 Å². The lowest BCUT2D eigenvalue weighted by Crippen LogP contribution is -2.42. The maximum atomic E-state index is 11.4. The summed E-state index contributed by atoms with van der Waals surface area (Å²) in [6, 6.07) is 15.5. The Labute approximate surface area is 167 Å². The van der Waals surface area contributed by atoms with Gasteiger partial charge in [-0.05, 0) is 55.8 Å². The first kappa shape index (κ1) is 18.7. The molecular formula is C21H23N3O3S. The van der Waals surface area contributed by atoms with E-state index in [9.17, 15) is 4.79 Å². The van der Waals surface area contributed by atoms with Gasteiger partial charge in [-0.15, -0.1) is 0 Å². The topological polar surface area (TPSA) is 77.7 Å². The lowest BCUT2D eigenvalue weighted by Gasteiger charge is -2.30. The molecule has 0 spiro atoms. The van der Waals surface area contributed by atoms with Crippen LogP contribution in [-0.4, -0.2) is 42.0 Å². The zero-order chi connectivity index (χ0) is 19.3. The zero-order valence-corrected chi connectivity index (χ0v) is 16.4. The number of carbonyl (C=O) groups excluding carboxylic acids is 1. The number of nitrogens with two attached hydrogens (primary N) is 1. The molecule has 4 rings (SSSR count). The van der Waals surface area contributed by atoms with E-state index >= 15 is 0 Å². The van der Waals surface area contributed by atoms with Gasteiger partial charge in [0, 0.05) is 13.1 Å². The van der Waals surface area contributed by atoms with Crippen molar-refractivity contribution in [3.8, 4) is 16.7 Å². The highest BCUT2D eigenvalue weighted by Gasteiger charge is 2.23. The second-order valence-electron chi connectivity index (χ2n) is 6.91. The molecule has 1 saturated heterocycles. The molecule has 28 heavy (non-hydrogen) atoms. The molecule has 1 unspecified atom stereocenters. The van der Waals surface area contributed by atoms with E-state index in [1.165, 1.54) is 11.3 Å². The molecule has 146 valence electrons. The van der Waals surface area contributed by atoms with Crippen LogP contribution in [0.25, 0.3) is 10.2 Å². The van der Waals surface area contributed by atoms with Crippen LogP contribution in [-0.2, 0) is 4.79 Å². The Morgan fingerprint density at radius 2 is 1.96 bits per heavy atom. The van der Waals surface area contributed by atoms with Gasteiger partial charge in [0.2, 0.25) is 5.91 Å². The fourth-order valence-electron chi connectivity index (χ4n) is 3.38. The number of amides is 1. The van der Waals surface area contributed by atoms with Gasteiger partial charge in [-0.25, -0.2) is 4.98 Å². The molecule has 7 heteroatoms. The second kappa shape index (κ2) is 8.58. The third-order valence-electron chi connectivity index (χ3n) is 4.89. The van der Waals surface area contributed by atoms with Crippen LogP contribution in [0, 0.1) is 5.92 Å². The van der Waals surface area contributed by atoms with Crippen molar-refractivity contribution in [3.05, 3.63) is 48.5 Å². The number of ether oxygens (including phenoxy) is 2. The number of hydrogen-bond acceptors (Lipinski definition) is 6. The minimum Gasteiger partial charge on any atom is -0.492 e. The molecular weight excluding hydrogens is 374 g/mol. The maximum absolute atomic E-state index is 11.4. The van der Waals surface area contributed by atoms with Crippen molar-refractivity contribution in [2.24, 2.45) is 11.7 Å². The minimum absolute atomic E-state index is 0.0345. The van der Waals surface area contributed by atoms with Gasteiger partial charge >= 0.3 is 0 Å². The van der Waals surface area contributed by atoms with Crippen LogP contribution < -0.4 is 15.2 Å². The summed E-state index contributed by atoms with van der Waals surface area (Å²) < 4.78 is 12.8. The fraction of sp³-hybridized carbons (Fsp3) is 0.333. The molecule has 1 amide bonds. The Hall–Kier alpha value is -2.64. The molecule has 0 aliphatic carbocycles. The van der Waals surface area contributed by atoms with Gasteiger partial charge in [0.15, 0.2) is 0 Å². The van der Waals surface area contributed by atoms with Crippen molar-refractivity contribution in [2.75, 3.05) is 26.2 Å². The van der Waals surface area contributed by atoms with E-state index in [2.05, 4.69) is 9.88 Å². The average molecular weight is 398 g/mol. The highest BCUT2D eigenvalue weighted by atomic mass is 32.1. The number of hydrogen-bond donors (Lipinski definition) is 1. The highest BCUT2D eigenvalue weighted by Crippen LogP contribution is 2.31. The summed E-state index contributed by atoms with van der Waals surface area (Å²) in [6.07, 6.45) is 1.90. The van der Waals surface area contributed by atoms with Crippen molar-refractivity contribution >= 4 is 27.5 Å². The van der Waals surface area contributed by atoms with Gasteiger partial charge in [0.1, 0.15) is 18.1 Å². The van der Waals surface area contributed by atoms with Crippen molar-refractivity contribution in [1.82, 2.24) is 9.88 Å². The molecule has 1 atom stereocenters. The quantitative estimate of drug-likeness (QED) is 0.658. The second-order valence-corrected chi connectivity index (χ2v) is 7.90. The van der Waals surface area contributed by atoms with E-state index < -0.39 is 0 Å². The lowest BCUT2D eigenvalue weighted by atomic mass is 9.98. The van der Waals surface area contributed by atoms with Crippen LogP contribution in [0.3, 0.4) is 0 Å². The zero-order valence-electron chi connectivity index (χ0n) is 15.5. The number of carbonyl (C=O) groups is 1. The standard InChI is InChI=1S/C21H23N3O3S/c22-20(25)15-4-3-11-24(14-15)12-13-26-16-7-9-17(10-8-16)27-21-23-18-5-1-2-6-19(18)28-21/h1-2,5-10,15H,3-4,11-14H2,(H2,22,25). The summed E-state index contributed by atoms with van der Waals surface area (Å²) in [5.74, 6) is 1.29. The van der Waals surface area contributed by atoms with E-state index in [0.29, 0.717) is 11.8 Å². The van der Waals surface area contributed by atoms with Gasteiger partial charge in [0.05, 0.1) is 16.1 Å². The molecule has 3 aromatic rings. The number of fused-ring (bicyclic) bond motifs is 1. The Kier molecular flexibility index (Phi) is 5.73. The summed E-state index contributed by atoms with van der Waals surface area (Å²) in [7, 11) is 0. The molecule has 1 aliphatic heterocycles. The third-order valence-corrected chi connectivity index (χ3v) is 5.80. The summed E-state index contributed by atoms with van der Waals surface area (Å²) in [5.41, 5.74) is 6.37. The molecule has 1 aromatic heterocycles. The average Bonchev–Trinajstić information content (AvgIpc) is 3.12. The SMILES string of the molecule is NC(=O)C1CCCN(CCOc2ccc(Oc3nc4ccccc4s3)cc2)C1. The number of thiazole rings is 1. The van der Waals surface area contributed by atoms with Gasteiger partial charge in [-0.3, -0.25) is 9.69 Å². The van der Waals surface area contributed by atoms with E-state index in [1.54, 1.807) is 0 Å². The smallest absolute Gasteiger partial charge is 0.279 e. The summed E-state index contributed by atoms with van der Waals surface area (Å²) in [6.45, 7) is 3.08. The Morgan fingerprint density at radius 1 is 1.18 bits per heavy atom. The molecule has 0 bridgehead atoms. The normalized spacial score (nSPS) is 17.5. The molecule has 2 heterocycles. The fourth-order valence-corrected chi connectivity index (χ4v) is 4.22. The molecule has 0 radical (unpaired) electrons. The Morgan fingerprint density at radius 3 is 2.75 bits per heavy atom. The number of rotatable bonds is 7. The molecule has 2 N–H and O–H groups in total. The van der Waals surface area contributed by atoms with Crippen molar-refractivity contribution < 1.29 is 14.3 Å². The number of likely N-dealkylation sites (tertiary alicyclic amines) is 1. The van der Waals surface area contributed by atoms with E-state index in [-0.39, 0.29) is 11.8 Å². The molecule has 1 aliphatic rings. The maximum Gasteiger partial charge on any atom is 0.279 e. The molecule has 1 fully saturated rings. The number of primary amides is 1. The van der Waals surface area contributed by atoms with Crippen molar-refractivity contribution in [2.45, 2.75) is 12.8 Å². The van der Waals surface area contributed by atoms with Crippen molar-refractivity contribution in [1.29, 1.82) is 0 Å². The number of benzene rings is 2. The predicted octanol–water partition coefficient (Wildman–Crippen LogP) is 3.66. The van der Waals surface area contributed by atoms with Gasteiger partial charge in [-0.2, -0.15) is 0 Å². The first-order valence-corrected chi connectivity index (χ1v) is 10.3. The molecule has 0 saturated carbocycles. The number of nitrogens with zero attached hydrogens (tertiary/aromatic N) is 2. The third kappa shape index (κ3) is 4.61. The Bertz CT molecular complexity index is 908. The summed E-state index contributed by atoms with van der Waals surface area (Å²) in [4.78, 5) is 18.1. The predicted molar refractivity (Wildman–Crippen MR) is 110 cm³/mol. The number of para-hydroxylation sites is 1. The Balaban J connectivity index is 1.27. The lowest BCUT2D eigenvalue weighted by molar-refractivity contribution is -0.123. The van der Waals surface area contributed by atoms with Crippen LogP contribution in [0.2, 0.25) is 0 Å². The first-order valence-electron chi connectivity index (χ1n) is 9.45. The largest absolute Gasteiger partial charge is 0.492 e. The van der Waals surface area contributed by atoms with Crippen LogP contribution in [0.15, 0.2) is 48.5 Å². The van der Waals surface area contributed by atoms with Crippen LogP contribution in [0.5, 0.6) is 16.7 Å². The van der Waals surface area contributed by atoms with Gasteiger partial charge < -0.3 is 15.2 Å². The van der Waals surface area contributed by atoms with E-state index in [1.807, 2.05) is 48.5 Å². The number of aromatic nitrogens is 1. The molecule has 2 aromatic carbocycles. The van der Waals surface area contributed by atoms with Crippen LogP contribution in [0.1, 0.15) is 12.8 Å².